The minimum atomic E-state index is 0.0194. The third-order valence-electron chi connectivity index (χ3n) is 5.69. The predicted octanol–water partition coefficient (Wildman–Crippen LogP) is 3.55. The van der Waals surface area contributed by atoms with E-state index in [9.17, 15) is 4.79 Å². The number of rotatable bonds is 5. The number of amides is 1. The first-order chi connectivity index (χ1) is 14.8. The fourth-order valence-corrected chi connectivity index (χ4v) is 4.03. The van der Waals surface area contributed by atoms with E-state index < -0.39 is 0 Å². The second-order valence-electron chi connectivity index (χ2n) is 7.54. The van der Waals surface area contributed by atoms with Gasteiger partial charge in [-0.1, -0.05) is 18.2 Å². The van der Waals surface area contributed by atoms with Crippen molar-refractivity contribution in [2.75, 3.05) is 18.0 Å². The number of fused-ring (bicyclic) bond motifs is 1. The zero-order valence-corrected chi connectivity index (χ0v) is 16.6. The number of benzene rings is 1. The number of hydrogen-bond donors (Lipinski definition) is 1. The van der Waals surface area contributed by atoms with Gasteiger partial charge in [-0.05, 0) is 42.5 Å². The Bertz CT molecular complexity index is 1140. The molecule has 152 valence electrons. The molecule has 0 atom stereocenters. The van der Waals surface area contributed by atoms with Crippen molar-refractivity contribution in [2.24, 2.45) is 5.92 Å². The molecule has 1 N–H and O–H groups in total. The number of nitrogens with zero attached hydrogens (tertiary/aromatic N) is 4. The van der Waals surface area contributed by atoms with Gasteiger partial charge in [0.1, 0.15) is 23.7 Å². The van der Waals surface area contributed by atoms with Crippen molar-refractivity contribution in [3.8, 4) is 5.82 Å². The standard InChI is InChI=1S/C23H23N5O2/c29-23(24-15-19-5-3-13-30-19)18-7-10-27(11-8-18)21-14-22(26-16-25-21)28-12-9-17-4-1-2-6-20(17)28/h1-6,9,12-14,16,18H,7-8,10-11,15H2,(H,24,29). The molecule has 0 bridgehead atoms. The summed E-state index contributed by atoms with van der Waals surface area (Å²) in [4.78, 5) is 23.7. The Morgan fingerprint density at radius 2 is 1.90 bits per heavy atom. The van der Waals surface area contributed by atoms with E-state index >= 15 is 0 Å². The van der Waals surface area contributed by atoms with Crippen molar-refractivity contribution in [3.05, 3.63) is 73.1 Å². The molecule has 0 unspecified atom stereocenters. The van der Waals surface area contributed by atoms with Gasteiger partial charge in [-0.2, -0.15) is 0 Å². The number of para-hydroxylation sites is 1. The van der Waals surface area contributed by atoms with Gasteiger partial charge in [0, 0.05) is 31.3 Å². The van der Waals surface area contributed by atoms with E-state index in [1.54, 1.807) is 12.6 Å². The van der Waals surface area contributed by atoms with E-state index in [1.807, 2.05) is 36.5 Å². The molecule has 7 heteroatoms. The zero-order valence-electron chi connectivity index (χ0n) is 16.6. The first-order valence-corrected chi connectivity index (χ1v) is 10.2. The molecule has 1 aliphatic rings. The molecule has 1 aromatic carbocycles. The predicted molar refractivity (Wildman–Crippen MR) is 114 cm³/mol. The topological polar surface area (TPSA) is 76.2 Å². The maximum atomic E-state index is 12.5. The number of carbonyl (C=O) groups is 1. The Labute approximate surface area is 174 Å². The van der Waals surface area contributed by atoms with Gasteiger partial charge in [-0.3, -0.25) is 4.79 Å². The van der Waals surface area contributed by atoms with Crippen LogP contribution in [0.2, 0.25) is 0 Å². The lowest BCUT2D eigenvalue weighted by Gasteiger charge is -2.32. The number of furan rings is 1. The lowest BCUT2D eigenvalue weighted by molar-refractivity contribution is -0.125. The van der Waals surface area contributed by atoms with Gasteiger partial charge in [-0.15, -0.1) is 0 Å². The molecule has 1 fully saturated rings. The Morgan fingerprint density at radius 3 is 2.73 bits per heavy atom. The second-order valence-corrected chi connectivity index (χ2v) is 7.54. The lowest BCUT2D eigenvalue weighted by atomic mass is 9.96. The number of anilines is 1. The molecule has 1 amide bonds. The average molecular weight is 401 g/mol. The normalized spacial score (nSPS) is 14.9. The third kappa shape index (κ3) is 3.66. The Morgan fingerprint density at radius 1 is 1.07 bits per heavy atom. The highest BCUT2D eigenvalue weighted by Crippen LogP contribution is 2.25. The van der Waals surface area contributed by atoms with Crippen molar-refractivity contribution in [1.82, 2.24) is 19.9 Å². The fraction of sp³-hybridized carbons (Fsp3) is 0.261. The van der Waals surface area contributed by atoms with Gasteiger partial charge in [0.2, 0.25) is 5.91 Å². The van der Waals surface area contributed by atoms with Crippen LogP contribution in [0.5, 0.6) is 0 Å². The van der Waals surface area contributed by atoms with Crippen molar-refractivity contribution >= 4 is 22.6 Å². The number of nitrogens with one attached hydrogen (secondary N) is 1. The van der Waals surface area contributed by atoms with Crippen LogP contribution in [0.1, 0.15) is 18.6 Å². The first-order valence-electron chi connectivity index (χ1n) is 10.2. The summed E-state index contributed by atoms with van der Waals surface area (Å²) >= 11 is 0. The molecule has 4 aromatic rings. The van der Waals surface area contributed by atoms with Crippen molar-refractivity contribution in [2.45, 2.75) is 19.4 Å². The van der Waals surface area contributed by atoms with Crippen LogP contribution in [0.4, 0.5) is 5.82 Å². The summed E-state index contributed by atoms with van der Waals surface area (Å²) in [6, 6.07) is 16.0. The smallest absolute Gasteiger partial charge is 0.223 e. The van der Waals surface area contributed by atoms with Gasteiger partial charge >= 0.3 is 0 Å². The molecule has 1 aliphatic heterocycles. The van der Waals surface area contributed by atoms with Crippen LogP contribution in [0.3, 0.4) is 0 Å². The number of piperidine rings is 1. The SMILES string of the molecule is O=C(NCc1ccco1)C1CCN(c2cc(-n3ccc4ccccc43)ncn2)CC1. The second kappa shape index (κ2) is 8.02. The van der Waals surface area contributed by atoms with Gasteiger partial charge in [0.05, 0.1) is 18.3 Å². The quantitative estimate of drug-likeness (QED) is 0.554. The van der Waals surface area contributed by atoms with Crippen LogP contribution in [-0.4, -0.2) is 33.5 Å². The summed E-state index contributed by atoms with van der Waals surface area (Å²) in [6.07, 6.45) is 6.87. The van der Waals surface area contributed by atoms with Crippen LogP contribution >= 0.6 is 0 Å². The molecule has 0 radical (unpaired) electrons. The largest absolute Gasteiger partial charge is 0.467 e. The van der Waals surface area contributed by atoms with Crippen molar-refractivity contribution in [1.29, 1.82) is 0 Å². The molecule has 0 aliphatic carbocycles. The highest BCUT2D eigenvalue weighted by atomic mass is 16.3. The van der Waals surface area contributed by atoms with Crippen molar-refractivity contribution < 1.29 is 9.21 Å². The van der Waals surface area contributed by atoms with Crippen molar-refractivity contribution in [3.63, 3.8) is 0 Å². The number of hydrogen-bond acceptors (Lipinski definition) is 5. The molecule has 7 nitrogen and oxygen atoms in total. The fourth-order valence-electron chi connectivity index (χ4n) is 4.03. The molecule has 30 heavy (non-hydrogen) atoms. The number of carbonyl (C=O) groups excluding carboxylic acids is 1. The maximum Gasteiger partial charge on any atom is 0.223 e. The third-order valence-corrected chi connectivity index (χ3v) is 5.69. The van der Waals surface area contributed by atoms with Crippen LogP contribution in [0.25, 0.3) is 16.7 Å². The summed E-state index contributed by atoms with van der Waals surface area (Å²) in [5, 5.41) is 4.15. The first kappa shape index (κ1) is 18.4. The molecule has 5 rings (SSSR count). The minimum Gasteiger partial charge on any atom is -0.467 e. The highest BCUT2D eigenvalue weighted by molar-refractivity contribution is 5.81. The summed E-state index contributed by atoms with van der Waals surface area (Å²) in [6.45, 7) is 2.02. The van der Waals surface area contributed by atoms with Gasteiger partial charge in [-0.25, -0.2) is 9.97 Å². The van der Waals surface area contributed by atoms with Crippen LogP contribution in [-0.2, 0) is 11.3 Å². The molecule has 3 aromatic heterocycles. The summed E-state index contributed by atoms with van der Waals surface area (Å²) in [7, 11) is 0. The Kier molecular flexibility index (Phi) is 4.93. The van der Waals surface area contributed by atoms with E-state index in [-0.39, 0.29) is 11.8 Å². The average Bonchev–Trinajstić information content (AvgIpc) is 3.48. The Hall–Kier alpha value is -3.61. The highest BCUT2D eigenvalue weighted by Gasteiger charge is 2.26. The van der Waals surface area contributed by atoms with Gasteiger partial charge in [0.25, 0.3) is 0 Å². The van der Waals surface area contributed by atoms with Crippen LogP contribution < -0.4 is 10.2 Å². The summed E-state index contributed by atoms with van der Waals surface area (Å²) in [5.41, 5.74) is 1.12. The molecule has 4 heterocycles. The van der Waals surface area contributed by atoms with E-state index in [1.165, 1.54) is 5.39 Å². The summed E-state index contributed by atoms with van der Waals surface area (Å²) < 4.78 is 7.35. The summed E-state index contributed by atoms with van der Waals surface area (Å²) in [5.74, 6) is 2.62. The van der Waals surface area contributed by atoms with E-state index in [0.29, 0.717) is 6.54 Å². The molecular formula is C23H23N5O2. The van der Waals surface area contributed by atoms with Crippen LogP contribution in [0.15, 0.2) is 71.7 Å². The molecule has 1 saturated heterocycles. The maximum absolute atomic E-state index is 12.5. The van der Waals surface area contributed by atoms with Gasteiger partial charge in [0.15, 0.2) is 0 Å². The van der Waals surface area contributed by atoms with Gasteiger partial charge < -0.3 is 19.2 Å². The van der Waals surface area contributed by atoms with E-state index in [0.717, 1.165) is 48.8 Å². The molecular weight excluding hydrogens is 378 g/mol. The number of aromatic nitrogens is 3. The molecule has 0 spiro atoms. The Balaban J connectivity index is 1.24. The lowest BCUT2D eigenvalue weighted by Crippen LogP contribution is -2.40. The minimum absolute atomic E-state index is 0.0194. The van der Waals surface area contributed by atoms with Crippen LogP contribution in [0, 0.1) is 5.92 Å². The van der Waals surface area contributed by atoms with E-state index in [4.69, 9.17) is 4.42 Å². The monoisotopic (exact) mass is 401 g/mol. The van der Waals surface area contributed by atoms with E-state index in [2.05, 4.69) is 43.0 Å². The molecule has 0 saturated carbocycles. The zero-order chi connectivity index (χ0) is 20.3.